The summed E-state index contributed by atoms with van der Waals surface area (Å²) in [6, 6.07) is 13.6. The smallest absolute Gasteiger partial charge is 0.0954 e. The number of fused-ring (bicyclic) bond motifs is 1. The van der Waals surface area contributed by atoms with E-state index in [-0.39, 0.29) is 6.04 Å². The number of aromatic nitrogens is 1. The van der Waals surface area contributed by atoms with Gasteiger partial charge < -0.3 is 5.73 Å². The predicted molar refractivity (Wildman–Crippen MR) is 91.5 cm³/mol. The summed E-state index contributed by atoms with van der Waals surface area (Å²) in [6.07, 6.45) is 1.46. The van der Waals surface area contributed by atoms with Crippen molar-refractivity contribution in [3.05, 3.63) is 63.1 Å². The summed E-state index contributed by atoms with van der Waals surface area (Å²) >= 11 is 13.8. The van der Waals surface area contributed by atoms with Crippen LogP contribution in [0.15, 0.2) is 42.5 Å². The molecule has 1 unspecified atom stereocenters. The maximum Gasteiger partial charge on any atom is 0.0954 e. The minimum Gasteiger partial charge on any atom is -0.327 e. The lowest BCUT2D eigenvalue weighted by Gasteiger charge is -2.11. The molecule has 2 aromatic carbocycles. The van der Waals surface area contributed by atoms with Gasteiger partial charge in [-0.25, -0.2) is 4.98 Å². The van der Waals surface area contributed by atoms with Crippen molar-refractivity contribution in [3.63, 3.8) is 0 Å². The summed E-state index contributed by atoms with van der Waals surface area (Å²) in [7, 11) is 0. The van der Waals surface area contributed by atoms with Gasteiger partial charge in [0.25, 0.3) is 0 Å². The SMILES string of the molecule is NC(Cc1nc2ccccc2s1)Cc1ccc(Cl)cc1Cl. The molecule has 0 radical (unpaired) electrons. The van der Waals surface area contributed by atoms with E-state index in [2.05, 4.69) is 11.1 Å². The van der Waals surface area contributed by atoms with E-state index in [9.17, 15) is 0 Å². The number of hydrogen-bond acceptors (Lipinski definition) is 3. The fourth-order valence-corrected chi connectivity index (χ4v) is 3.82. The van der Waals surface area contributed by atoms with Crippen molar-refractivity contribution >= 4 is 44.8 Å². The van der Waals surface area contributed by atoms with Crippen LogP contribution in [-0.4, -0.2) is 11.0 Å². The predicted octanol–water partition coefficient (Wildman–Crippen LogP) is 4.72. The molecule has 0 spiro atoms. The van der Waals surface area contributed by atoms with Crippen molar-refractivity contribution in [1.29, 1.82) is 0 Å². The summed E-state index contributed by atoms with van der Waals surface area (Å²) in [5, 5.41) is 2.37. The molecule has 0 saturated heterocycles. The summed E-state index contributed by atoms with van der Waals surface area (Å²) in [5.74, 6) is 0. The standard InChI is InChI=1S/C16H14Cl2N2S/c17-11-6-5-10(13(18)8-11)7-12(19)9-16-20-14-3-1-2-4-15(14)21-16/h1-6,8,12H,7,9,19H2. The molecule has 5 heteroatoms. The Labute approximate surface area is 137 Å². The quantitative estimate of drug-likeness (QED) is 0.748. The van der Waals surface area contributed by atoms with Crippen LogP contribution in [0.1, 0.15) is 10.6 Å². The molecule has 1 atom stereocenters. The first-order chi connectivity index (χ1) is 10.1. The number of hydrogen-bond donors (Lipinski definition) is 1. The molecule has 3 rings (SSSR count). The molecule has 0 bridgehead atoms. The molecule has 3 aromatic rings. The molecule has 108 valence electrons. The molecule has 1 heterocycles. The van der Waals surface area contributed by atoms with Gasteiger partial charge in [0.15, 0.2) is 0 Å². The second-order valence-corrected chi connectivity index (χ2v) is 6.94. The average Bonchev–Trinajstić information content (AvgIpc) is 2.84. The highest BCUT2D eigenvalue weighted by Gasteiger charge is 2.11. The van der Waals surface area contributed by atoms with Crippen LogP contribution in [0.3, 0.4) is 0 Å². The molecule has 0 aliphatic carbocycles. The Hall–Kier alpha value is -1.13. The topological polar surface area (TPSA) is 38.9 Å². The minimum absolute atomic E-state index is 0.00997. The minimum atomic E-state index is -0.00997. The van der Waals surface area contributed by atoms with Crippen molar-refractivity contribution in [2.75, 3.05) is 0 Å². The van der Waals surface area contributed by atoms with Gasteiger partial charge >= 0.3 is 0 Å². The molecule has 0 aliphatic heterocycles. The lowest BCUT2D eigenvalue weighted by molar-refractivity contribution is 0.663. The third kappa shape index (κ3) is 3.55. The second kappa shape index (κ2) is 6.32. The highest BCUT2D eigenvalue weighted by Crippen LogP contribution is 2.25. The van der Waals surface area contributed by atoms with Crippen LogP contribution in [0.25, 0.3) is 10.2 Å². The zero-order chi connectivity index (χ0) is 14.8. The first-order valence-corrected chi connectivity index (χ1v) is 8.23. The molecule has 21 heavy (non-hydrogen) atoms. The first kappa shape index (κ1) is 14.8. The van der Waals surface area contributed by atoms with Gasteiger partial charge in [0.05, 0.1) is 15.2 Å². The summed E-state index contributed by atoms with van der Waals surface area (Å²) in [5.41, 5.74) is 8.30. The first-order valence-electron chi connectivity index (χ1n) is 6.66. The van der Waals surface area contributed by atoms with Crippen molar-refractivity contribution in [2.24, 2.45) is 5.73 Å². The molecule has 2 nitrogen and oxygen atoms in total. The number of thiazole rings is 1. The Kier molecular flexibility index (Phi) is 4.45. The van der Waals surface area contributed by atoms with Gasteiger partial charge in [-0.1, -0.05) is 41.4 Å². The highest BCUT2D eigenvalue weighted by atomic mass is 35.5. The lowest BCUT2D eigenvalue weighted by atomic mass is 10.0. The average molecular weight is 337 g/mol. The number of halogens is 2. The molecular formula is C16H14Cl2N2S. The van der Waals surface area contributed by atoms with E-state index in [1.165, 1.54) is 4.70 Å². The fourth-order valence-electron chi connectivity index (χ4n) is 2.27. The van der Waals surface area contributed by atoms with Gasteiger partial charge in [-0.15, -0.1) is 11.3 Å². The van der Waals surface area contributed by atoms with Crippen LogP contribution in [0.2, 0.25) is 10.0 Å². The van der Waals surface area contributed by atoms with E-state index in [0.29, 0.717) is 16.5 Å². The van der Waals surface area contributed by atoms with E-state index in [0.717, 1.165) is 22.5 Å². The zero-order valence-corrected chi connectivity index (χ0v) is 13.6. The van der Waals surface area contributed by atoms with Crippen LogP contribution in [0.4, 0.5) is 0 Å². The molecule has 2 N–H and O–H groups in total. The van der Waals surface area contributed by atoms with Crippen molar-refractivity contribution in [3.8, 4) is 0 Å². The van der Waals surface area contributed by atoms with Crippen molar-refractivity contribution < 1.29 is 0 Å². The van der Waals surface area contributed by atoms with Gasteiger partial charge in [0.1, 0.15) is 0 Å². The molecule has 0 amide bonds. The second-order valence-electron chi connectivity index (χ2n) is 4.98. The Morgan fingerprint density at radius 2 is 1.90 bits per heavy atom. The Bertz CT molecular complexity index is 737. The number of nitrogens with zero attached hydrogens (tertiary/aromatic N) is 1. The van der Waals surface area contributed by atoms with E-state index in [1.807, 2.05) is 30.3 Å². The van der Waals surface area contributed by atoms with Gasteiger partial charge in [-0.3, -0.25) is 0 Å². The molecular weight excluding hydrogens is 323 g/mol. The highest BCUT2D eigenvalue weighted by molar-refractivity contribution is 7.18. The van der Waals surface area contributed by atoms with E-state index in [4.69, 9.17) is 28.9 Å². The molecule has 0 fully saturated rings. The fraction of sp³-hybridized carbons (Fsp3) is 0.188. The van der Waals surface area contributed by atoms with E-state index in [1.54, 1.807) is 17.4 Å². The third-order valence-corrected chi connectivity index (χ3v) is 4.92. The maximum atomic E-state index is 6.24. The van der Waals surface area contributed by atoms with Gasteiger partial charge in [-0.05, 0) is 36.2 Å². The summed E-state index contributed by atoms with van der Waals surface area (Å²) < 4.78 is 1.20. The monoisotopic (exact) mass is 336 g/mol. The zero-order valence-electron chi connectivity index (χ0n) is 11.2. The van der Waals surface area contributed by atoms with Crippen LogP contribution in [0.5, 0.6) is 0 Å². The van der Waals surface area contributed by atoms with Crippen molar-refractivity contribution in [2.45, 2.75) is 18.9 Å². The normalized spacial score (nSPS) is 12.7. The van der Waals surface area contributed by atoms with Crippen LogP contribution in [0, 0.1) is 0 Å². The molecule has 1 aromatic heterocycles. The number of nitrogens with two attached hydrogens (primary N) is 1. The van der Waals surface area contributed by atoms with E-state index < -0.39 is 0 Å². The van der Waals surface area contributed by atoms with E-state index >= 15 is 0 Å². The van der Waals surface area contributed by atoms with Crippen LogP contribution >= 0.6 is 34.5 Å². The summed E-state index contributed by atoms with van der Waals surface area (Å²) in [6.45, 7) is 0. The molecule has 0 saturated carbocycles. The Morgan fingerprint density at radius 1 is 1.10 bits per heavy atom. The largest absolute Gasteiger partial charge is 0.327 e. The number of rotatable bonds is 4. The maximum absolute atomic E-state index is 6.24. The Morgan fingerprint density at radius 3 is 2.67 bits per heavy atom. The third-order valence-electron chi connectivity index (χ3n) is 3.27. The number of para-hydroxylation sites is 1. The van der Waals surface area contributed by atoms with Gasteiger partial charge in [0.2, 0.25) is 0 Å². The van der Waals surface area contributed by atoms with Crippen LogP contribution in [-0.2, 0) is 12.8 Å². The van der Waals surface area contributed by atoms with Gasteiger partial charge in [-0.2, -0.15) is 0 Å². The number of benzene rings is 2. The van der Waals surface area contributed by atoms with Crippen LogP contribution < -0.4 is 5.73 Å². The molecule has 0 aliphatic rings. The van der Waals surface area contributed by atoms with Crippen molar-refractivity contribution in [1.82, 2.24) is 4.98 Å². The lowest BCUT2D eigenvalue weighted by Crippen LogP contribution is -2.25. The van der Waals surface area contributed by atoms with Gasteiger partial charge in [0, 0.05) is 22.5 Å². The Balaban J connectivity index is 1.72. The summed E-state index contributed by atoms with van der Waals surface area (Å²) in [4.78, 5) is 4.62.